The normalized spacial score (nSPS) is 16.6. The number of methoxy groups -OCH3 is 1. The van der Waals surface area contributed by atoms with Crippen LogP contribution in [-0.2, 0) is 0 Å². The van der Waals surface area contributed by atoms with Crippen LogP contribution in [0.3, 0.4) is 0 Å². The van der Waals surface area contributed by atoms with Gasteiger partial charge in [-0.25, -0.2) is 9.78 Å². The van der Waals surface area contributed by atoms with Gasteiger partial charge in [-0.3, -0.25) is 0 Å². The fourth-order valence-corrected chi connectivity index (χ4v) is 3.12. The predicted octanol–water partition coefficient (Wildman–Crippen LogP) is 3.53. The maximum Gasteiger partial charge on any atom is 0.322 e. The van der Waals surface area contributed by atoms with Gasteiger partial charge in [-0.15, -0.1) is 0 Å². The second kappa shape index (κ2) is 7.42. The number of carbonyl (C=O) groups is 1. The molecule has 1 atom stereocenters. The number of nitrogens with one attached hydrogen (secondary N) is 1. The first kappa shape index (κ1) is 17.1. The third-order valence-electron chi connectivity index (χ3n) is 4.45. The number of carbonyl (C=O) groups excluding carboxylic acids is 1. The summed E-state index contributed by atoms with van der Waals surface area (Å²) in [5.41, 5.74) is 1.81. The van der Waals surface area contributed by atoms with E-state index in [0.717, 1.165) is 36.5 Å². The Bertz CT molecular complexity index is 730. The Morgan fingerprint density at radius 1 is 1.32 bits per heavy atom. The summed E-state index contributed by atoms with van der Waals surface area (Å²) < 4.78 is 5.30. The maximum atomic E-state index is 12.7. The standard InChI is InChI=1S/C19H24N4O2/c1-22(2)18-10-9-15(13-20-18)21-19(24)23-11-5-8-17(23)14-6-4-7-16(12-14)25-3/h4,6-7,9-10,12-13,17H,5,8,11H2,1-3H3,(H,21,24). The van der Waals surface area contributed by atoms with Crippen molar-refractivity contribution < 1.29 is 9.53 Å². The van der Waals surface area contributed by atoms with Gasteiger partial charge in [0.1, 0.15) is 11.6 Å². The van der Waals surface area contributed by atoms with Crippen molar-refractivity contribution in [1.82, 2.24) is 9.88 Å². The number of urea groups is 1. The molecule has 25 heavy (non-hydrogen) atoms. The number of hydrogen-bond donors (Lipinski definition) is 1. The van der Waals surface area contributed by atoms with Gasteiger partial charge >= 0.3 is 6.03 Å². The number of anilines is 2. The fraction of sp³-hybridized carbons (Fsp3) is 0.368. The predicted molar refractivity (Wildman–Crippen MR) is 99.3 cm³/mol. The largest absolute Gasteiger partial charge is 0.497 e. The first-order valence-electron chi connectivity index (χ1n) is 8.43. The number of benzene rings is 1. The van der Waals surface area contributed by atoms with E-state index in [4.69, 9.17) is 4.74 Å². The second-order valence-corrected chi connectivity index (χ2v) is 6.36. The Labute approximate surface area is 148 Å². The highest BCUT2D eigenvalue weighted by Gasteiger charge is 2.30. The fourth-order valence-electron chi connectivity index (χ4n) is 3.12. The van der Waals surface area contributed by atoms with E-state index in [1.165, 1.54) is 0 Å². The summed E-state index contributed by atoms with van der Waals surface area (Å²) in [6, 6.07) is 11.7. The highest BCUT2D eigenvalue weighted by Crippen LogP contribution is 2.33. The van der Waals surface area contributed by atoms with E-state index in [-0.39, 0.29) is 12.1 Å². The number of hydrogen-bond acceptors (Lipinski definition) is 4. The molecule has 1 fully saturated rings. The van der Waals surface area contributed by atoms with Crippen molar-refractivity contribution in [2.45, 2.75) is 18.9 Å². The van der Waals surface area contributed by atoms with Gasteiger partial charge in [0.2, 0.25) is 0 Å². The van der Waals surface area contributed by atoms with Crippen LogP contribution in [0.5, 0.6) is 5.75 Å². The lowest BCUT2D eigenvalue weighted by Crippen LogP contribution is -2.34. The first-order chi connectivity index (χ1) is 12.1. The number of amides is 2. The van der Waals surface area contributed by atoms with Gasteiger partial charge in [0.05, 0.1) is 25.0 Å². The van der Waals surface area contributed by atoms with Crippen molar-refractivity contribution in [2.75, 3.05) is 38.0 Å². The highest BCUT2D eigenvalue weighted by atomic mass is 16.5. The van der Waals surface area contributed by atoms with E-state index in [1.807, 2.05) is 60.3 Å². The van der Waals surface area contributed by atoms with Crippen molar-refractivity contribution in [3.63, 3.8) is 0 Å². The zero-order valence-corrected chi connectivity index (χ0v) is 14.9. The zero-order valence-electron chi connectivity index (χ0n) is 14.9. The van der Waals surface area contributed by atoms with E-state index in [2.05, 4.69) is 10.3 Å². The molecule has 2 amide bonds. The van der Waals surface area contributed by atoms with E-state index >= 15 is 0 Å². The molecule has 1 aliphatic rings. The molecule has 0 aliphatic carbocycles. The zero-order chi connectivity index (χ0) is 17.8. The molecule has 0 saturated carbocycles. The SMILES string of the molecule is COc1cccc(C2CCCN2C(=O)Nc2ccc(N(C)C)nc2)c1. The first-order valence-corrected chi connectivity index (χ1v) is 8.43. The molecular formula is C19H24N4O2. The molecule has 1 aromatic carbocycles. The van der Waals surface area contributed by atoms with Gasteiger partial charge in [0.25, 0.3) is 0 Å². The summed E-state index contributed by atoms with van der Waals surface area (Å²) in [7, 11) is 5.52. The monoisotopic (exact) mass is 340 g/mol. The molecule has 1 aliphatic heterocycles. The molecular weight excluding hydrogens is 316 g/mol. The lowest BCUT2D eigenvalue weighted by molar-refractivity contribution is 0.207. The average molecular weight is 340 g/mol. The van der Waals surface area contributed by atoms with Crippen LogP contribution in [0.2, 0.25) is 0 Å². The molecule has 0 bridgehead atoms. The van der Waals surface area contributed by atoms with Crippen molar-refractivity contribution in [3.05, 3.63) is 48.2 Å². The van der Waals surface area contributed by atoms with Crippen LogP contribution in [0.15, 0.2) is 42.6 Å². The van der Waals surface area contributed by atoms with Crippen LogP contribution in [0.4, 0.5) is 16.3 Å². The van der Waals surface area contributed by atoms with Crippen molar-refractivity contribution in [1.29, 1.82) is 0 Å². The number of aromatic nitrogens is 1. The van der Waals surface area contributed by atoms with E-state index < -0.39 is 0 Å². The number of rotatable bonds is 4. The van der Waals surface area contributed by atoms with E-state index in [0.29, 0.717) is 5.69 Å². The molecule has 1 aromatic heterocycles. The summed E-state index contributed by atoms with van der Waals surface area (Å²) in [5.74, 6) is 1.67. The smallest absolute Gasteiger partial charge is 0.322 e. The molecule has 6 nitrogen and oxygen atoms in total. The minimum Gasteiger partial charge on any atom is -0.497 e. The van der Waals surface area contributed by atoms with Crippen LogP contribution in [0, 0.1) is 0 Å². The highest BCUT2D eigenvalue weighted by molar-refractivity contribution is 5.89. The number of pyridine rings is 1. The molecule has 0 radical (unpaired) electrons. The third kappa shape index (κ3) is 3.84. The molecule has 132 valence electrons. The Hall–Kier alpha value is -2.76. The van der Waals surface area contributed by atoms with Gasteiger partial charge in [0.15, 0.2) is 0 Å². The summed E-state index contributed by atoms with van der Waals surface area (Å²) in [6.07, 6.45) is 3.63. The quantitative estimate of drug-likeness (QED) is 0.925. The minimum absolute atomic E-state index is 0.0732. The van der Waals surface area contributed by atoms with Crippen LogP contribution < -0.4 is 15.0 Å². The van der Waals surface area contributed by atoms with Crippen LogP contribution >= 0.6 is 0 Å². The Morgan fingerprint density at radius 2 is 2.16 bits per heavy atom. The van der Waals surface area contributed by atoms with Crippen molar-refractivity contribution in [2.24, 2.45) is 0 Å². The topological polar surface area (TPSA) is 57.7 Å². The van der Waals surface area contributed by atoms with Crippen molar-refractivity contribution in [3.8, 4) is 5.75 Å². The Kier molecular flexibility index (Phi) is 5.07. The van der Waals surface area contributed by atoms with Crippen LogP contribution in [0.25, 0.3) is 0 Å². The van der Waals surface area contributed by atoms with Gasteiger partial charge in [-0.05, 0) is 42.7 Å². The van der Waals surface area contributed by atoms with Gasteiger partial charge in [-0.1, -0.05) is 12.1 Å². The van der Waals surface area contributed by atoms with Crippen molar-refractivity contribution >= 4 is 17.5 Å². The van der Waals surface area contributed by atoms with Gasteiger partial charge in [0, 0.05) is 20.6 Å². The number of likely N-dealkylation sites (tertiary alicyclic amines) is 1. The summed E-state index contributed by atoms with van der Waals surface area (Å²) >= 11 is 0. The number of nitrogens with zero attached hydrogens (tertiary/aromatic N) is 3. The summed E-state index contributed by atoms with van der Waals surface area (Å²) in [5, 5.41) is 2.95. The minimum atomic E-state index is -0.0928. The van der Waals surface area contributed by atoms with E-state index in [9.17, 15) is 4.79 Å². The van der Waals surface area contributed by atoms with Gasteiger partial charge in [-0.2, -0.15) is 0 Å². The molecule has 2 heterocycles. The van der Waals surface area contributed by atoms with Crippen LogP contribution in [0.1, 0.15) is 24.4 Å². The molecule has 1 unspecified atom stereocenters. The lowest BCUT2D eigenvalue weighted by Gasteiger charge is -2.25. The molecule has 2 aromatic rings. The summed E-state index contributed by atoms with van der Waals surface area (Å²) in [6.45, 7) is 0.747. The van der Waals surface area contributed by atoms with Crippen LogP contribution in [-0.4, -0.2) is 43.7 Å². The van der Waals surface area contributed by atoms with E-state index in [1.54, 1.807) is 13.3 Å². The van der Waals surface area contributed by atoms with Gasteiger partial charge < -0.3 is 19.9 Å². The Balaban J connectivity index is 1.72. The average Bonchev–Trinajstić information content (AvgIpc) is 3.12. The molecule has 0 spiro atoms. The summed E-state index contributed by atoms with van der Waals surface area (Å²) in [4.78, 5) is 20.9. The molecule has 1 N–H and O–H groups in total. The number of ether oxygens (including phenoxy) is 1. The Morgan fingerprint density at radius 3 is 2.84 bits per heavy atom. The molecule has 1 saturated heterocycles. The molecule has 3 rings (SSSR count). The second-order valence-electron chi connectivity index (χ2n) is 6.36. The maximum absolute atomic E-state index is 12.7. The third-order valence-corrected chi connectivity index (χ3v) is 4.45. The lowest BCUT2D eigenvalue weighted by atomic mass is 10.0. The molecule has 6 heteroatoms.